The number of pyridine rings is 1. The predicted octanol–water partition coefficient (Wildman–Crippen LogP) is 6.99. The second-order valence-electron chi connectivity index (χ2n) is 7.88. The van der Waals surface area contributed by atoms with Gasteiger partial charge in [0, 0.05) is 28.9 Å². The highest BCUT2D eigenvalue weighted by Crippen LogP contribution is 2.36. The van der Waals surface area contributed by atoms with Gasteiger partial charge in [-0.05, 0) is 57.4 Å². The van der Waals surface area contributed by atoms with Crippen molar-refractivity contribution < 1.29 is 9.53 Å². The average Bonchev–Trinajstić information content (AvgIpc) is 3.25. The smallest absolute Gasteiger partial charge is 0.336 e. The lowest BCUT2D eigenvalue weighted by Gasteiger charge is -2.12. The number of imidazole rings is 1. The molecule has 0 fully saturated rings. The molecule has 0 saturated heterocycles. The van der Waals surface area contributed by atoms with Crippen LogP contribution in [-0.4, -0.2) is 15.4 Å². The number of nitrogens with one attached hydrogen (secondary N) is 1. The molecule has 0 amide bonds. The molecule has 35 heavy (non-hydrogen) atoms. The quantitative estimate of drug-likeness (QED) is 0.142. The van der Waals surface area contributed by atoms with Gasteiger partial charge in [-0.25, -0.2) is 9.78 Å². The Labute approximate surface area is 211 Å². The highest BCUT2D eigenvalue weighted by Gasteiger charge is 2.19. The van der Waals surface area contributed by atoms with Gasteiger partial charge < -0.3 is 10.1 Å². The van der Waals surface area contributed by atoms with Crippen LogP contribution in [0.2, 0.25) is 0 Å². The van der Waals surface area contributed by atoms with E-state index in [1.807, 2.05) is 89.5 Å². The normalized spacial score (nSPS) is 11.1. The maximum absolute atomic E-state index is 12.6. The van der Waals surface area contributed by atoms with E-state index in [0.717, 1.165) is 32.6 Å². The largest absolute Gasteiger partial charge is 0.423 e. The Bertz CT molecular complexity index is 1490. The van der Waals surface area contributed by atoms with Crippen molar-refractivity contribution in [3.05, 3.63) is 125 Å². The fourth-order valence-corrected chi connectivity index (χ4v) is 4.12. The number of carbonyl (C=O) groups is 1. The number of carbonyl (C=O) groups excluding carboxylic acids is 1. The maximum atomic E-state index is 12.6. The first kappa shape index (κ1) is 22.6. The Hall–Kier alpha value is -4.16. The van der Waals surface area contributed by atoms with E-state index in [4.69, 9.17) is 9.72 Å². The third-order valence-electron chi connectivity index (χ3n) is 5.45. The topological polar surface area (TPSA) is 55.6 Å². The molecule has 3 aromatic carbocycles. The van der Waals surface area contributed by atoms with Gasteiger partial charge >= 0.3 is 5.97 Å². The molecule has 5 nitrogen and oxygen atoms in total. The van der Waals surface area contributed by atoms with Crippen molar-refractivity contribution >= 4 is 39.4 Å². The number of ether oxygens (including phenoxy) is 1. The minimum atomic E-state index is -0.452. The fourth-order valence-electron chi connectivity index (χ4n) is 3.78. The Morgan fingerprint density at radius 3 is 2.43 bits per heavy atom. The van der Waals surface area contributed by atoms with Gasteiger partial charge in [0.15, 0.2) is 0 Å². The molecule has 0 aliphatic heterocycles. The Morgan fingerprint density at radius 1 is 0.914 bits per heavy atom. The van der Waals surface area contributed by atoms with Crippen LogP contribution in [0.4, 0.5) is 5.82 Å². The van der Waals surface area contributed by atoms with Crippen molar-refractivity contribution in [3.8, 4) is 17.0 Å². The van der Waals surface area contributed by atoms with Gasteiger partial charge in [-0.15, -0.1) is 0 Å². The van der Waals surface area contributed by atoms with Crippen LogP contribution in [0.1, 0.15) is 11.1 Å². The molecule has 0 saturated carbocycles. The van der Waals surface area contributed by atoms with Gasteiger partial charge in [-0.1, -0.05) is 72.8 Å². The second kappa shape index (κ2) is 10.4. The van der Waals surface area contributed by atoms with Gasteiger partial charge in [0.25, 0.3) is 0 Å². The van der Waals surface area contributed by atoms with Gasteiger partial charge in [-0.2, -0.15) is 0 Å². The Kier molecular flexibility index (Phi) is 6.73. The summed E-state index contributed by atoms with van der Waals surface area (Å²) in [4.78, 5) is 17.5. The number of nitrogens with zero attached hydrogens (tertiary/aromatic N) is 2. The van der Waals surface area contributed by atoms with Crippen molar-refractivity contribution in [2.75, 3.05) is 5.32 Å². The van der Waals surface area contributed by atoms with Gasteiger partial charge in [-0.3, -0.25) is 4.40 Å². The van der Waals surface area contributed by atoms with E-state index in [9.17, 15) is 4.79 Å². The van der Waals surface area contributed by atoms with E-state index in [1.54, 1.807) is 12.1 Å². The predicted molar refractivity (Wildman–Crippen MR) is 143 cm³/mol. The van der Waals surface area contributed by atoms with Crippen molar-refractivity contribution in [1.82, 2.24) is 9.38 Å². The molecule has 0 unspecified atom stereocenters. The summed E-state index contributed by atoms with van der Waals surface area (Å²) in [6.45, 7) is 0.621. The van der Waals surface area contributed by atoms with Crippen LogP contribution in [0.3, 0.4) is 0 Å². The molecular weight excluding hydrogens is 502 g/mol. The monoisotopic (exact) mass is 523 g/mol. The lowest BCUT2D eigenvalue weighted by atomic mass is 10.1. The molecule has 0 spiro atoms. The first-order valence-electron chi connectivity index (χ1n) is 11.2. The molecule has 0 aliphatic carbocycles. The maximum Gasteiger partial charge on any atom is 0.336 e. The molecule has 5 rings (SSSR count). The van der Waals surface area contributed by atoms with Crippen LogP contribution in [-0.2, 0) is 11.3 Å². The first-order valence-corrected chi connectivity index (χ1v) is 12.0. The van der Waals surface area contributed by atoms with Gasteiger partial charge in [0.1, 0.15) is 22.9 Å². The third-order valence-corrected chi connectivity index (χ3v) is 5.92. The summed E-state index contributed by atoms with van der Waals surface area (Å²) in [5, 5.41) is 3.53. The number of hydrogen-bond donors (Lipinski definition) is 1. The van der Waals surface area contributed by atoms with Crippen molar-refractivity contribution in [2.24, 2.45) is 0 Å². The van der Waals surface area contributed by atoms with Crippen molar-refractivity contribution in [2.45, 2.75) is 6.54 Å². The Balaban J connectivity index is 1.49. The second-order valence-corrected chi connectivity index (χ2v) is 8.80. The lowest BCUT2D eigenvalue weighted by Crippen LogP contribution is -2.06. The SMILES string of the molecule is O=C(C=Cc1ccccc1)Oc1ccccc1-c1nc2ccc(Br)cn2c1NCc1ccccc1. The first-order chi connectivity index (χ1) is 17.2. The Morgan fingerprint density at radius 2 is 1.63 bits per heavy atom. The van der Waals surface area contributed by atoms with E-state index in [1.165, 1.54) is 6.08 Å². The minimum absolute atomic E-state index is 0.445. The number of hydrogen-bond acceptors (Lipinski definition) is 4. The number of aromatic nitrogens is 2. The van der Waals surface area contributed by atoms with Crippen LogP contribution in [0, 0.1) is 0 Å². The molecule has 1 N–H and O–H groups in total. The molecule has 2 heterocycles. The summed E-state index contributed by atoms with van der Waals surface area (Å²) in [5.74, 6) is 0.806. The number of benzene rings is 3. The van der Waals surface area contributed by atoms with Crippen LogP contribution in [0.25, 0.3) is 23.0 Å². The molecule has 0 radical (unpaired) electrons. The van der Waals surface area contributed by atoms with E-state index in [2.05, 4.69) is 33.4 Å². The number of esters is 1. The molecule has 5 aromatic rings. The summed E-state index contributed by atoms with van der Waals surface area (Å²) < 4.78 is 8.68. The zero-order valence-corrected chi connectivity index (χ0v) is 20.4. The van der Waals surface area contributed by atoms with E-state index < -0.39 is 5.97 Å². The van der Waals surface area contributed by atoms with Crippen LogP contribution >= 0.6 is 15.9 Å². The van der Waals surface area contributed by atoms with Gasteiger partial charge in [0.05, 0.1) is 0 Å². The van der Waals surface area contributed by atoms with E-state index in [0.29, 0.717) is 18.0 Å². The third kappa shape index (κ3) is 5.34. The zero-order valence-electron chi connectivity index (χ0n) is 18.8. The van der Waals surface area contributed by atoms with Crippen LogP contribution < -0.4 is 10.1 Å². The molecule has 0 bridgehead atoms. The number of para-hydroxylation sites is 1. The molecule has 172 valence electrons. The fraction of sp³-hybridized carbons (Fsp3) is 0.0345. The molecule has 2 aromatic heterocycles. The summed E-state index contributed by atoms with van der Waals surface area (Å²) in [6.07, 6.45) is 5.14. The number of anilines is 1. The van der Waals surface area contributed by atoms with Crippen LogP contribution in [0.15, 0.2) is 114 Å². The average molecular weight is 524 g/mol. The molecule has 6 heteroatoms. The van der Waals surface area contributed by atoms with E-state index >= 15 is 0 Å². The van der Waals surface area contributed by atoms with E-state index in [-0.39, 0.29) is 0 Å². The van der Waals surface area contributed by atoms with Gasteiger partial charge in [0.2, 0.25) is 0 Å². The highest BCUT2D eigenvalue weighted by atomic mass is 79.9. The highest BCUT2D eigenvalue weighted by molar-refractivity contribution is 9.10. The lowest BCUT2D eigenvalue weighted by molar-refractivity contribution is -0.128. The van der Waals surface area contributed by atoms with Crippen molar-refractivity contribution in [1.29, 1.82) is 0 Å². The standard InChI is InChI=1S/C29H22BrN3O2/c30-23-16-17-26-32-28(29(33(26)20-23)31-19-22-11-5-2-6-12-22)24-13-7-8-14-25(24)35-27(34)18-15-21-9-3-1-4-10-21/h1-18,20,31H,19H2. The van der Waals surface area contributed by atoms with Crippen molar-refractivity contribution in [3.63, 3.8) is 0 Å². The summed E-state index contributed by atoms with van der Waals surface area (Å²) >= 11 is 3.56. The summed E-state index contributed by atoms with van der Waals surface area (Å²) in [7, 11) is 0. The number of rotatable bonds is 7. The zero-order chi connectivity index (χ0) is 24.0. The summed E-state index contributed by atoms with van der Waals surface area (Å²) in [6, 6.07) is 31.1. The number of fused-ring (bicyclic) bond motifs is 1. The van der Waals surface area contributed by atoms with Crippen LogP contribution in [0.5, 0.6) is 5.75 Å². The molecular formula is C29H22BrN3O2. The molecule has 0 atom stereocenters. The number of halogens is 1. The molecule has 0 aliphatic rings. The minimum Gasteiger partial charge on any atom is -0.423 e. The summed E-state index contributed by atoms with van der Waals surface area (Å²) in [5.41, 5.74) is 4.29.